The molecule has 0 saturated heterocycles. The summed E-state index contributed by atoms with van der Waals surface area (Å²) in [6.45, 7) is 6.95. The average Bonchev–Trinajstić information content (AvgIpc) is 2.59. The first kappa shape index (κ1) is 17.6. The van der Waals surface area contributed by atoms with Crippen LogP contribution in [0.2, 0.25) is 0 Å². The van der Waals surface area contributed by atoms with Crippen LogP contribution in [-0.2, 0) is 11.3 Å². The zero-order valence-electron chi connectivity index (χ0n) is 14.4. The lowest BCUT2D eigenvalue weighted by Crippen LogP contribution is -2.27. The van der Waals surface area contributed by atoms with E-state index in [9.17, 15) is 4.79 Å². The SMILES string of the molecule is CCN(Cc1cccc(N[C@H](C)c2cccc(C#N)c2)c1)C(C)=O. The highest BCUT2D eigenvalue weighted by Crippen LogP contribution is 2.21. The monoisotopic (exact) mass is 321 g/mol. The number of nitrogens with zero attached hydrogens (tertiary/aromatic N) is 2. The summed E-state index contributed by atoms with van der Waals surface area (Å²) in [5, 5.41) is 12.5. The van der Waals surface area contributed by atoms with Crippen LogP contribution in [0.4, 0.5) is 5.69 Å². The zero-order chi connectivity index (χ0) is 17.5. The first-order valence-electron chi connectivity index (χ1n) is 8.14. The lowest BCUT2D eigenvalue weighted by atomic mass is 10.0. The van der Waals surface area contributed by atoms with Crippen molar-refractivity contribution in [3.8, 4) is 6.07 Å². The van der Waals surface area contributed by atoms with Crippen molar-refractivity contribution < 1.29 is 4.79 Å². The second-order valence-electron chi connectivity index (χ2n) is 5.84. The number of rotatable bonds is 6. The van der Waals surface area contributed by atoms with Gasteiger partial charge in [0.05, 0.1) is 11.6 Å². The van der Waals surface area contributed by atoms with Crippen LogP contribution in [0.15, 0.2) is 48.5 Å². The van der Waals surface area contributed by atoms with Gasteiger partial charge in [0.15, 0.2) is 0 Å². The lowest BCUT2D eigenvalue weighted by Gasteiger charge is -2.20. The highest BCUT2D eigenvalue weighted by Gasteiger charge is 2.09. The molecule has 1 amide bonds. The molecule has 0 heterocycles. The summed E-state index contributed by atoms with van der Waals surface area (Å²) in [5.74, 6) is 0.0811. The second kappa shape index (κ2) is 8.16. The fourth-order valence-electron chi connectivity index (χ4n) is 2.64. The van der Waals surface area contributed by atoms with Crippen molar-refractivity contribution in [3.05, 3.63) is 65.2 Å². The molecule has 2 aromatic carbocycles. The number of carbonyl (C=O) groups excluding carboxylic acids is 1. The number of benzene rings is 2. The van der Waals surface area contributed by atoms with Crippen LogP contribution < -0.4 is 5.32 Å². The number of amides is 1. The van der Waals surface area contributed by atoms with Gasteiger partial charge in [-0.2, -0.15) is 5.26 Å². The molecule has 0 aromatic heterocycles. The largest absolute Gasteiger partial charge is 0.379 e. The summed E-state index contributed by atoms with van der Waals surface area (Å²) in [5.41, 5.74) is 3.82. The molecule has 4 nitrogen and oxygen atoms in total. The third-order valence-corrected chi connectivity index (χ3v) is 4.03. The number of anilines is 1. The van der Waals surface area contributed by atoms with Crippen molar-refractivity contribution >= 4 is 11.6 Å². The average molecular weight is 321 g/mol. The maximum atomic E-state index is 11.6. The molecule has 0 aliphatic heterocycles. The first-order chi connectivity index (χ1) is 11.5. The van der Waals surface area contributed by atoms with Crippen LogP contribution in [0, 0.1) is 11.3 Å². The van der Waals surface area contributed by atoms with E-state index in [0.29, 0.717) is 18.7 Å². The number of carbonyl (C=O) groups is 1. The smallest absolute Gasteiger partial charge is 0.219 e. The Bertz CT molecular complexity index is 749. The van der Waals surface area contributed by atoms with Crippen LogP contribution in [0.3, 0.4) is 0 Å². The molecule has 0 spiro atoms. The van der Waals surface area contributed by atoms with Crippen LogP contribution in [0.25, 0.3) is 0 Å². The van der Waals surface area contributed by atoms with Gasteiger partial charge < -0.3 is 10.2 Å². The van der Waals surface area contributed by atoms with Crippen molar-refractivity contribution in [1.29, 1.82) is 5.26 Å². The lowest BCUT2D eigenvalue weighted by molar-refractivity contribution is -0.129. The Morgan fingerprint density at radius 1 is 1.25 bits per heavy atom. The van der Waals surface area contributed by atoms with Crippen molar-refractivity contribution in [2.75, 3.05) is 11.9 Å². The van der Waals surface area contributed by atoms with Crippen molar-refractivity contribution in [2.45, 2.75) is 33.4 Å². The Morgan fingerprint density at radius 3 is 2.67 bits per heavy atom. The third kappa shape index (κ3) is 4.60. The maximum absolute atomic E-state index is 11.6. The van der Waals surface area contributed by atoms with Gasteiger partial charge in [-0.15, -0.1) is 0 Å². The minimum Gasteiger partial charge on any atom is -0.379 e. The zero-order valence-corrected chi connectivity index (χ0v) is 14.4. The van der Waals surface area contributed by atoms with E-state index in [1.807, 2.05) is 43.3 Å². The summed E-state index contributed by atoms with van der Waals surface area (Å²) >= 11 is 0. The number of nitrogens with one attached hydrogen (secondary N) is 1. The summed E-state index contributed by atoms with van der Waals surface area (Å²) in [6.07, 6.45) is 0. The fourth-order valence-corrected chi connectivity index (χ4v) is 2.64. The Kier molecular flexibility index (Phi) is 5.97. The van der Waals surface area contributed by atoms with Gasteiger partial charge in [0, 0.05) is 31.7 Å². The fraction of sp³-hybridized carbons (Fsp3) is 0.300. The van der Waals surface area contributed by atoms with Crippen molar-refractivity contribution in [2.24, 2.45) is 0 Å². The number of hydrogen-bond donors (Lipinski definition) is 1. The molecule has 0 unspecified atom stereocenters. The molecule has 1 atom stereocenters. The summed E-state index contributed by atoms with van der Waals surface area (Å²) < 4.78 is 0. The van der Waals surface area contributed by atoms with E-state index in [4.69, 9.17) is 5.26 Å². The Balaban J connectivity index is 2.11. The minimum absolute atomic E-state index is 0.0811. The molecule has 0 aliphatic rings. The van der Waals surface area contributed by atoms with Crippen LogP contribution in [0.5, 0.6) is 0 Å². The standard InChI is InChI=1S/C20H23N3O/c1-4-23(16(3)24)14-18-8-6-10-20(12-18)22-15(2)19-9-5-7-17(11-19)13-21/h5-12,15,22H,4,14H2,1-3H3/t15-/m1/s1. The van der Waals surface area contributed by atoms with E-state index >= 15 is 0 Å². The third-order valence-electron chi connectivity index (χ3n) is 4.03. The van der Waals surface area contributed by atoms with Gasteiger partial charge in [-0.1, -0.05) is 24.3 Å². The molecule has 1 N–H and O–H groups in total. The topological polar surface area (TPSA) is 56.1 Å². The highest BCUT2D eigenvalue weighted by atomic mass is 16.2. The van der Waals surface area contributed by atoms with E-state index in [1.165, 1.54) is 0 Å². The molecule has 0 aliphatic carbocycles. The van der Waals surface area contributed by atoms with Gasteiger partial charge in [0.25, 0.3) is 0 Å². The van der Waals surface area contributed by atoms with Gasteiger partial charge in [0.2, 0.25) is 5.91 Å². The quantitative estimate of drug-likeness (QED) is 0.871. The minimum atomic E-state index is 0.0811. The van der Waals surface area contributed by atoms with Gasteiger partial charge in [-0.3, -0.25) is 4.79 Å². The van der Waals surface area contributed by atoms with Gasteiger partial charge in [0.1, 0.15) is 0 Å². The molecular weight excluding hydrogens is 298 g/mol. The number of hydrogen-bond acceptors (Lipinski definition) is 3. The van der Waals surface area contributed by atoms with Gasteiger partial charge >= 0.3 is 0 Å². The number of nitriles is 1. The van der Waals surface area contributed by atoms with Gasteiger partial charge in [-0.25, -0.2) is 0 Å². The predicted molar refractivity (Wildman–Crippen MR) is 96.4 cm³/mol. The molecule has 2 rings (SSSR count). The van der Waals surface area contributed by atoms with Crippen LogP contribution in [-0.4, -0.2) is 17.4 Å². The molecule has 0 saturated carbocycles. The molecule has 124 valence electrons. The van der Waals surface area contributed by atoms with E-state index in [2.05, 4.69) is 24.4 Å². The highest BCUT2D eigenvalue weighted by molar-refractivity contribution is 5.73. The molecular formula is C20H23N3O. The summed E-state index contributed by atoms with van der Waals surface area (Å²) in [6, 6.07) is 18.0. The first-order valence-corrected chi connectivity index (χ1v) is 8.14. The van der Waals surface area contributed by atoms with Gasteiger partial charge in [-0.05, 0) is 49.2 Å². The summed E-state index contributed by atoms with van der Waals surface area (Å²) in [4.78, 5) is 13.4. The van der Waals surface area contributed by atoms with Crippen molar-refractivity contribution in [3.63, 3.8) is 0 Å². The molecule has 0 bridgehead atoms. The molecule has 24 heavy (non-hydrogen) atoms. The van der Waals surface area contributed by atoms with Crippen molar-refractivity contribution in [1.82, 2.24) is 4.90 Å². The molecule has 4 heteroatoms. The molecule has 0 fully saturated rings. The Morgan fingerprint density at radius 2 is 2.00 bits per heavy atom. The Labute approximate surface area is 143 Å². The second-order valence-corrected chi connectivity index (χ2v) is 5.84. The predicted octanol–water partition coefficient (Wildman–Crippen LogP) is 4.10. The van der Waals surface area contributed by atoms with E-state index < -0.39 is 0 Å². The Hall–Kier alpha value is -2.80. The molecule has 2 aromatic rings. The normalized spacial score (nSPS) is 11.4. The van der Waals surface area contributed by atoms with E-state index in [1.54, 1.807) is 17.9 Å². The van der Waals surface area contributed by atoms with E-state index in [-0.39, 0.29) is 11.9 Å². The van der Waals surface area contributed by atoms with Crippen LogP contribution >= 0.6 is 0 Å². The summed E-state index contributed by atoms with van der Waals surface area (Å²) in [7, 11) is 0. The maximum Gasteiger partial charge on any atom is 0.219 e. The van der Waals surface area contributed by atoms with E-state index in [0.717, 1.165) is 16.8 Å². The van der Waals surface area contributed by atoms with Crippen LogP contribution in [0.1, 0.15) is 43.5 Å². The molecule has 0 radical (unpaired) electrons.